The van der Waals surface area contributed by atoms with Crippen molar-refractivity contribution in [3.05, 3.63) is 17.6 Å². The molecule has 0 saturated heterocycles. The average molecular weight is 194 g/mol. The Morgan fingerprint density at radius 1 is 1.36 bits per heavy atom. The van der Waals surface area contributed by atoms with Gasteiger partial charge in [0.1, 0.15) is 11.6 Å². The molecule has 14 heavy (non-hydrogen) atoms. The van der Waals surface area contributed by atoms with Crippen LogP contribution < -0.4 is 10.6 Å². The van der Waals surface area contributed by atoms with Crippen LogP contribution in [0, 0.1) is 0 Å². The van der Waals surface area contributed by atoms with Gasteiger partial charge in [-0.25, -0.2) is 9.97 Å². The van der Waals surface area contributed by atoms with E-state index in [2.05, 4.69) is 16.9 Å². The summed E-state index contributed by atoms with van der Waals surface area (Å²) in [6, 6.07) is 1.99. The van der Waals surface area contributed by atoms with Crippen molar-refractivity contribution in [1.82, 2.24) is 9.97 Å². The molecule has 0 amide bonds. The molecule has 0 unspecified atom stereocenters. The van der Waals surface area contributed by atoms with Crippen molar-refractivity contribution in [2.24, 2.45) is 5.73 Å². The molecule has 1 heterocycles. The van der Waals surface area contributed by atoms with E-state index in [4.69, 9.17) is 5.73 Å². The quantitative estimate of drug-likeness (QED) is 0.763. The first-order valence-electron chi connectivity index (χ1n) is 4.91. The van der Waals surface area contributed by atoms with Gasteiger partial charge in [0.25, 0.3) is 0 Å². The molecule has 0 bridgehead atoms. The van der Waals surface area contributed by atoms with Crippen LogP contribution in [0.15, 0.2) is 6.07 Å². The summed E-state index contributed by atoms with van der Waals surface area (Å²) in [4.78, 5) is 10.8. The van der Waals surface area contributed by atoms with Crippen molar-refractivity contribution in [3.63, 3.8) is 0 Å². The predicted octanol–water partition coefficient (Wildman–Crippen LogP) is 0.606. The fourth-order valence-corrected chi connectivity index (χ4v) is 1.20. The second kappa shape index (κ2) is 4.91. The maximum Gasteiger partial charge on any atom is 0.132 e. The Hall–Kier alpha value is -1.16. The fourth-order valence-electron chi connectivity index (χ4n) is 1.20. The molecule has 0 aliphatic rings. The molecule has 4 nitrogen and oxygen atoms in total. The minimum atomic E-state index is 0.632. The SMILES string of the molecule is CCc1nc(CCN)cc(N(C)C)n1. The van der Waals surface area contributed by atoms with Crippen LogP contribution in [0.5, 0.6) is 0 Å². The molecular weight excluding hydrogens is 176 g/mol. The standard InChI is InChI=1S/C10H18N4/c1-4-9-12-8(5-6-11)7-10(13-9)14(2)3/h7H,4-6,11H2,1-3H3. The van der Waals surface area contributed by atoms with E-state index in [1.807, 2.05) is 25.1 Å². The summed E-state index contributed by atoms with van der Waals surface area (Å²) in [5, 5.41) is 0. The minimum absolute atomic E-state index is 0.632. The Morgan fingerprint density at radius 2 is 2.07 bits per heavy atom. The lowest BCUT2D eigenvalue weighted by atomic mass is 10.2. The lowest BCUT2D eigenvalue weighted by molar-refractivity contribution is 0.846. The molecule has 78 valence electrons. The van der Waals surface area contributed by atoms with E-state index in [9.17, 15) is 0 Å². The number of hydrogen-bond acceptors (Lipinski definition) is 4. The topological polar surface area (TPSA) is 55.0 Å². The zero-order valence-electron chi connectivity index (χ0n) is 9.12. The highest BCUT2D eigenvalue weighted by Crippen LogP contribution is 2.10. The Kier molecular flexibility index (Phi) is 3.83. The Balaban J connectivity index is 3.00. The summed E-state index contributed by atoms with van der Waals surface area (Å²) in [6.45, 7) is 2.69. The molecule has 0 atom stereocenters. The van der Waals surface area contributed by atoms with Crippen molar-refractivity contribution >= 4 is 5.82 Å². The molecule has 0 fully saturated rings. The van der Waals surface area contributed by atoms with E-state index in [-0.39, 0.29) is 0 Å². The lowest BCUT2D eigenvalue weighted by Crippen LogP contribution is -2.14. The van der Waals surface area contributed by atoms with Crippen LogP contribution in [-0.4, -0.2) is 30.6 Å². The molecule has 4 heteroatoms. The van der Waals surface area contributed by atoms with Gasteiger partial charge in [0.05, 0.1) is 0 Å². The van der Waals surface area contributed by atoms with Gasteiger partial charge >= 0.3 is 0 Å². The first kappa shape index (κ1) is 10.9. The van der Waals surface area contributed by atoms with Gasteiger partial charge in [0.15, 0.2) is 0 Å². The third kappa shape index (κ3) is 2.67. The van der Waals surface area contributed by atoms with E-state index in [0.717, 1.165) is 30.2 Å². The van der Waals surface area contributed by atoms with E-state index >= 15 is 0 Å². The molecule has 1 aromatic rings. The molecule has 0 aromatic carbocycles. The molecule has 0 saturated carbocycles. The monoisotopic (exact) mass is 194 g/mol. The highest BCUT2D eigenvalue weighted by atomic mass is 15.1. The summed E-state index contributed by atoms with van der Waals surface area (Å²) in [7, 11) is 3.96. The zero-order valence-corrected chi connectivity index (χ0v) is 9.12. The maximum absolute atomic E-state index is 5.50. The fraction of sp³-hybridized carbons (Fsp3) is 0.600. The summed E-state index contributed by atoms with van der Waals surface area (Å²) in [5.74, 6) is 1.85. The van der Waals surface area contributed by atoms with Gasteiger partial charge in [-0.1, -0.05) is 6.92 Å². The smallest absolute Gasteiger partial charge is 0.132 e. The third-order valence-corrected chi connectivity index (χ3v) is 1.99. The van der Waals surface area contributed by atoms with Crippen LogP contribution in [-0.2, 0) is 12.8 Å². The molecule has 0 spiro atoms. The normalized spacial score (nSPS) is 10.3. The minimum Gasteiger partial charge on any atom is -0.363 e. The molecule has 2 N–H and O–H groups in total. The number of hydrogen-bond donors (Lipinski definition) is 1. The van der Waals surface area contributed by atoms with Crippen molar-refractivity contribution in [2.75, 3.05) is 25.5 Å². The van der Waals surface area contributed by atoms with E-state index in [1.54, 1.807) is 0 Å². The molecule has 0 aliphatic carbocycles. The maximum atomic E-state index is 5.50. The number of aryl methyl sites for hydroxylation is 1. The number of nitrogens with two attached hydrogens (primary N) is 1. The van der Waals surface area contributed by atoms with E-state index < -0.39 is 0 Å². The van der Waals surface area contributed by atoms with Crippen LogP contribution in [0.3, 0.4) is 0 Å². The van der Waals surface area contributed by atoms with Gasteiger partial charge in [-0.15, -0.1) is 0 Å². The van der Waals surface area contributed by atoms with Crippen molar-refractivity contribution in [1.29, 1.82) is 0 Å². The van der Waals surface area contributed by atoms with E-state index in [1.165, 1.54) is 0 Å². The Morgan fingerprint density at radius 3 is 2.57 bits per heavy atom. The molecule has 0 radical (unpaired) electrons. The second-order valence-electron chi connectivity index (χ2n) is 3.42. The lowest BCUT2D eigenvalue weighted by Gasteiger charge is -2.13. The van der Waals surface area contributed by atoms with Gasteiger partial charge in [-0.2, -0.15) is 0 Å². The van der Waals surface area contributed by atoms with Gasteiger partial charge in [0.2, 0.25) is 0 Å². The number of aromatic nitrogens is 2. The van der Waals surface area contributed by atoms with Crippen LogP contribution in [0.2, 0.25) is 0 Å². The van der Waals surface area contributed by atoms with Crippen molar-refractivity contribution in [3.8, 4) is 0 Å². The molecule has 1 rings (SSSR count). The van der Waals surface area contributed by atoms with Crippen LogP contribution >= 0.6 is 0 Å². The highest BCUT2D eigenvalue weighted by molar-refractivity contribution is 5.37. The summed E-state index contributed by atoms with van der Waals surface area (Å²) >= 11 is 0. The van der Waals surface area contributed by atoms with Crippen LogP contribution in [0.25, 0.3) is 0 Å². The molecular formula is C10H18N4. The highest BCUT2D eigenvalue weighted by Gasteiger charge is 2.04. The third-order valence-electron chi connectivity index (χ3n) is 1.99. The number of anilines is 1. The van der Waals surface area contributed by atoms with Gasteiger partial charge in [-0.3, -0.25) is 0 Å². The average Bonchev–Trinajstić information content (AvgIpc) is 2.17. The van der Waals surface area contributed by atoms with Crippen LogP contribution in [0.4, 0.5) is 5.82 Å². The van der Waals surface area contributed by atoms with Gasteiger partial charge < -0.3 is 10.6 Å². The Labute approximate surface area is 85.2 Å². The molecule has 0 aliphatic heterocycles. The predicted molar refractivity (Wildman–Crippen MR) is 58.5 cm³/mol. The van der Waals surface area contributed by atoms with Crippen LogP contribution in [0.1, 0.15) is 18.4 Å². The first-order valence-corrected chi connectivity index (χ1v) is 4.91. The van der Waals surface area contributed by atoms with Crippen molar-refractivity contribution in [2.45, 2.75) is 19.8 Å². The first-order chi connectivity index (χ1) is 6.67. The van der Waals surface area contributed by atoms with Gasteiger partial charge in [-0.05, 0) is 6.54 Å². The second-order valence-corrected chi connectivity index (χ2v) is 3.42. The largest absolute Gasteiger partial charge is 0.363 e. The van der Waals surface area contributed by atoms with Crippen molar-refractivity contribution < 1.29 is 0 Å². The number of nitrogens with zero attached hydrogens (tertiary/aromatic N) is 3. The summed E-state index contributed by atoms with van der Waals surface area (Å²) in [5.41, 5.74) is 6.53. The summed E-state index contributed by atoms with van der Waals surface area (Å²) in [6.07, 6.45) is 1.68. The molecule has 1 aromatic heterocycles. The zero-order chi connectivity index (χ0) is 10.6. The summed E-state index contributed by atoms with van der Waals surface area (Å²) < 4.78 is 0. The van der Waals surface area contributed by atoms with E-state index in [0.29, 0.717) is 6.54 Å². The number of rotatable bonds is 4. The van der Waals surface area contributed by atoms with Gasteiger partial charge in [0, 0.05) is 38.7 Å². The Bertz CT molecular complexity index is 296.